The van der Waals surface area contributed by atoms with Gasteiger partial charge in [-0.25, -0.2) is 8.42 Å². The number of rotatable bonds is 5. The molecule has 0 radical (unpaired) electrons. The molecule has 1 fully saturated rings. The zero-order valence-electron chi connectivity index (χ0n) is 12.0. The van der Waals surface area contributed by atoms with Gasteiger partial charge in [0, 0.05) is 6.20 Å². The van der Waals surface area contributed by atoms with Gasteiger partial charge in [0.25, 0.3) is 0 Å². The lowest BCUT2D eigenvalue weighted by atomic mass is 10.0. The lowest BCUT2D eigenvalue weighted by Crippen LogP contribution is -2.19. The van der Waals surface area contributed by atoms with Crippen LogP contribution in [0.2, 0.25) is 0 Å². The lowest BCUT2D eigenvalue weighted by molar-refractivity contribution is 0.599. The standard InChI is InChI=1S/C14H22N2O2S/c1-9(2)11-7-13(14(10(3)4)15-8-11)16-19(17,18)12-5-6-12/h7-10,12,16H,5-6H2,1-4H3. The molecule has 1 aliphatic carbocycles. The molecular formula is C14H22N2O2S. The number of aromatic nitrogens is 1. The maximum absolute atomic E-state index is 12.1. The van der Waals surface area contributed by atoms with E-state index in [0.29, 0.717) is 11.6 Å². The third kappa shape index (κ3) is 3.26. The number of pyridine rings is 1. The molecule has 2 rings (SSSR count). The van der Waals surface area contributed by atoms with Crippen molar-refractivity contribution in [1.29, 1.82) is 0 Å². The Morgan fingerprint density at radius 1 is 1.21 bits per heavy atom. The zero-order chi connectivity index (χ0) is 14.2. The number of nitrogens with one attached hydrogen (secondary N) is 1. The molecule has 1 N–H and O–H groups in total. The quantitative estimate of drug-likeness (QED) is 0.902. The molecule has 1 aromatic heterocycles. The van der Waals surface area contributed by atoms with E-state index >= 15 is 0 Å². The highest BCUT2D eigenvalue weighted by Crippen LogP contribution is 2.32. The van der Waals surface area contributed by atoms with Crippen LogP contribution in [-0.4, -0.2) is 18.7 Å². The van der Waals surface area contributed by atoms with Crippen LogP contribution in [-0.2, 0) is 10.0 Å². The van der Waals surface area contributed by atoms with Crippen molar-refractivity contribution in [1.82, 2.24) is 4.98 Å². The highest BCUT2D eigenvalue weighted by atomic mass is 32.2. The molecule has 1 aliphatic rings. The second-order valence-corrected chi connectivity index (χ2v) is 7.82. The van der Waals surface area contributed by atoms with Gasteiger partial charge in [0.2, 0.25) is 10.0 Å². The Morgan fingerprint density at radius 3 is 2.32 bits per heavy atom. The summed E-state index contributed by atoms with van der Waals surface area (Å²) in [6.45, 7) is 8.19. The number of hydrogen-bond donors (Lipinski definition) is 1. The molecule has 5 heteroatoms. The Balaban J connectivity index is 2.37. The molecule has 0 bridgehead atoms. The molecule has 0 saturated heterocycles. The zero-order valence-corrected chi connectivity index (χ0v) is 12.8. The van der Waals surface area contributed by atoms with Gasteiger partial charge in [-0.1, -0.05) is 27.7 Å². The molecule has 0 aromatic carbocycles. The first-order chi connectivity index (χ1) is 8.81. The summed E-state index contributed by atoms with van der Waals surface area (Å²) in [5.74, 6) is 0.524. The molecule has 0 unspecified atom stereocenters. The maximum Gasteiger partial charge on any atom is 0.235 e. The van der Waals surface area contributed by atoms with Crippen LogP contribution in [0, 0.1) is 0 Å². The van der Waals surface area contributed by atoms with Gasteiger partial charge in [0.05, 0.1) is 16.6 Å². The Morgan fingerprint density at radius 2 is 1.84 bits per heavy atom. The van der Waals surface area contributed by atoms with Crippen molar-refractivity contribution >= 4 is 15.7 Å². The summed E-state index contributed by atoms with van der Waals surface area (Å²) in [6.07, 6.45) is 3.38. The van der Waals surface area contributed by atoms with Crippen molar-refractivity contribution in [2.24, 2.45) is 0 Å². The van der Waals surface area contributed by atoms with Crippen molar-refractivity contribution in [3.63, 3.8) is 0 Å². The fourth-order valence-corrected chi connectivity index (χ4v) is 3.36. The molecule has 1 heterocycles. The van der Waals surface area contributed by atoms with Crippen LogP contribution in [0.15, 0.2) is 12.3 Å². The van der Waals surface area contributed by atoms with E-state index in [2.05, 4.69) is 23.6 Å². The smallest absolute Gasteiger partial charge is 0.235 e. The van der Waals surface area contributed by atoms with E-state index < -0.39 is 10.0 Å². The molecule has 0 aliphatic heterocycles. The topological polar surface area (TPSA) is 59.1 Å². The van der Waals surface area contributed by atoms with Crippen LogP contribution in [0.5, 0.6) is 0 Å². The van der Waals surface area contributed by atoms with Crippen LogP contribution in [0.25, 0.3) is 0 Å². The third-order valence-electron chi connectivity index (χ3n) is 3.37. The van der Waals surface area contributed by atoms with Gasteiger partial charge >= 0.3 is 0 Å². The van der Waals surface area contributed by atoms with E-state index in [1.807, 2.05) is 26.1 Å². The van der Waals surface area contributed by atoms with E-state index in [9.17, 15) is 8.42 Å². The van der Waals surface area contributed by atoms with Crippen LogP contribution < -0.4 is 4.72 Å². The molecule has 0 amide bonds. The van der Waals surface area contributed by atoms with Gasteiger partial charge < -0.3 is 0 Å². The first-order valence-corrected chi connectivity index (χ1v) is 8.37. The van der Waals surface area contributed by atoms with Gasteiger partial charge in [-0.2, -0.15) is 0 Å². The summed E-state index contributed by atoms with van der Waals surface area (Å²) in [6, 6.07) is 1.92. The molecule has 19 heavy (non-hydrogen) atoms. The fourth-order valence-electron chi connectivity index (χ4n) is 1.96. The van der Waals surface area contributed by atoms with Crippen LogP contribution in [0.4, 0.5) is 5.69 Å². The van der Waals surface area contributed by atoms with Crippen molar-refractivity contribution in [2.75, 3.05) is 4.72 Å². The number of hydrogen-bond acceptors (Lipinski definition) is 3. The molecule has 4 nitrogen and oxygen atoms in total. The van der Waals surface area contributed by atoms with E-state index in [4.69, 9.17) is 0 Å². The van der Waals surface area contributed by atoms with Gasteiger partial charge in [-0.3, -0.25) is 9.71 Å². The molecule has 1 aromatic rings. The second kappa shape index (κ2) is 5.12. The Kier molecular flexibility index (Phi) is 3.85. The number of nitrogens with zero attached hydrogens (tertiary/aromatic N) is 1. The highest BCUT2D eigenvalue weighted by Gasteiger charge is 2.36. The van der Waals surface area contributed by atoms with E-state index in [1.165, 1.54) is 0 Å². The summed E-state index contributed by atoms with van der Waals surface area (Å²) in [4.78, 5) is 4.44. The summed E-state index contributed by atoms with van der Waals surface area (Å²) in [5.41, 5.74) is 2.51. The molecule has 1 saturated carbocycles. The minimum Gasteiger partial charge on any atom is -0.281 e. The number of anilines is 1. The van der Waals surface area contributed by atoms with Gasteiger partial charge in [-0.15, -0.1) is 0 Å². The van der Waals surface area contributed by atoms with Crippen LogP contribution in [0.1, 0.15) is 63.6 Å². The first kappa shape index (κ1) is 14.3. The SMILES string of the molecule is CC(C)c1cnc(C(C)C)c(NS(=O)(=O)C2CC2)c1. The van der Waals surface area contributed by atoms with Gasteiger partial charge in [0.15, 0.2) is 0 Å². The van der Waals surface area contributed by atoms with Gasteiger partial charge in [-0.05, 0) is 36.3 Å². The van der Waals surface area contributed by atoms with E-state index in [0.717, 1.165) is 24.1 Å². The predicted molar refractivity (Wildman–Crippen MR) is 78.0 cm³/mol. The normalized spacial score (nSPS) is 16.1. The molecule has 0 atom stereocenters. The second-order valence-electron chi connectivity index (χ2n) is 5.86. The largest absolute Gasteiger partial charge is 0.281 e. The monoisotopic (exact) mass is 282 g/mol. The summed E-state index contributed by atoms with van der Waals surface area (Å²) in [5, 5.41) is -0.213. The minimum absolute atomic E-state index is 0.193. The van der Waals surface area contributed by atoms with Crippen molar-refractivity contribution < 1.29 is 8.42 Å². The van der Waals surface area contributed by atoms with Crippen LogP contribution in [0.3, 0.4) is 0 Å². The Hall–Kier alpha value is -1.10. The number of sulfonamides is 1. The summed E-state index contributed by atoms with van der Waals surface area (Å²) in [7, 11) is -3.23. The van der Waals surface area contributed by atoms with E-state index in [1.54, 1.807) is 0 Å². The molecule has 106 valence electrons. The minimum atomic E-state index is -3.23. The highest BCUT2D eigenvalue weighted by molar-refractivity contribution is 7.93. The van der Waals surface area contributed by atoms with Gasteiger partial charge in [0.1, 0.15) is 0 Å². The maximum atomic E-state index is 12.1. The average Bonchev–Trinajstić information content (AvgIpc) is 3.11. The van der Waals surface area contributed by atoms with Crippen molar-refractivity contribution in [2.45, 2.75) is 57.6 Å². The van der Waals surface area contributed by atoms with Crippen molar-refractivity contribution in [3.05, 3.63) is 23.5 Å². The lowest BCUT2D eigenvalue weighted by Gasteiger charge is -2.16. The predicted octanol–water partition coefficient (Wildman–Crippen LogP) is 3.23. The van der Waals surface area contributed by atoms with Crippen molar-refractivity contribution in [3.8, 4) is 0 Å². The third-order valence-corrected chi connectivity index (χ3v) is 5.22. The Labute approximate surface area is 115 Å². The van der Waals surface area contributed by atoms with Crippen LogP contribution >= 0.6 is 0 Å². The fraction of sp³-hybridized carbons (Fsp3) is 0.643. The summed E-state index contributed by atoms with van der Waals surface area (Å²) >= 11 is 0. The van der Waals surface area contributed by atoms with E-state index in [-0.39, 0.29) is 11.2 Å². The Bertz CT molecular complexity index is 561. The first-order valence-electron chi connectivity index (χ1n) is 6.82. The molecule has 0 spiro atoms. The average molecular weight is 282 g/mol. The summed E-state index contributed by atoms with van der Waals surface area (Å²) < 4.78 is 26.9. The molecular weight excluding hydrogens is 260 g/mol.